The quantitative estimate of drug-likeness (QED) is 0.692. The fraction of sp³-hybridized carbons (Fsp3) is 0.667. The lowest BCUT2D eigenvalue weighted by atomic mass is 9.75. The summed E-state index contributed by atoms with van der Waals surface area (Å²) in [5, 5.41) is 0. The van der Waals surface area contributed by atoms with Crippen molar-refractivity contribution in [1.82, 2.24) is 9.13 Å². The first-order chi connectivity index (χ1) is 7.92. The zero-order chi connectivity index (χ0) is 12.4. The third-order valence-corrected chi connectivity index (χ3v) is 4.33. The predicted molar refractivity (Wildman–Crippen MR) is 65.4 cm³/mol. The fourth-order valence-corrected chi connectivity index (χ4v) is 3.36. The number of hydrogen-bond donors (Lipinski definition) is 0. The molecule has 3 fully saturated rings. The highest BCUT2D eigenvalue weighted by Gasteiger charge is 2.53. The van der Waals surface area contributed by atoms with Crippen molar-refractivity contribution in [2.75, 3.05) is 11.4 Å². The van der Waals surface area contributed by atoms with E-state index in [1.807, 2.05) is 0 Å². The standard InChI is InChI=1S/C12H17N3O2/c1-12-5-8(6-12)7-15(12)9-4-10(16)14(3)11(17)13(9)2/h4,8H,5-7H2,1-3H3. The Morgan fingerprint density at radius 3 is 2.41 bits per heavy atom. The summed E-state index contributed by atoms with van der Waals surface area (Å²) in [6.07, 6.45) is 2.35. The summed E-state index contributed by atoms with van der Waals surface area (Å²) >= 11 is 0. The van der Waals surface area contributed by atoms with Gasteiger partial charge in [-0.2, -0.15) is 0 Å². The van der Waals surface area contributed by atoms with Gasteiger partial charge in [-0.25, -0.2) is 4.79 Å². The van der Waals surface area contributed by atoms with E-state index in [1.54, 1.807) is 17.7 Å². The van der Waals surface area contributed by atoms with Crippen LogP contribution in [0.15, 0.2) is 15.7 Å². The smallest absolute Gasteiger partial charge is 0.332 e. The van der Waals surface area contributed by atoms with E-state index in [2.05, 4.69) is 11.8 Å². The molecule has 1 aliphatic carbocycles. The molecule has 92 valence electrons. The minimum Gasteiger partial charge on any atom is -0.352 e. The molecule has 0 N–H and O–H groups in total. The zero-order valence-corrected chi connectivity index (χ0v) is 10.4. The highest BCUT2D eigenvalue weighted by molar-refractivity contribution is 5.47. The normalized spacial score (nSPS) is 30.5. The van der Waals surface area contributed by atoms with Crippen LogP contribution in [0.5, 0.6) is 0 Å². The van der Waals surface area contributed by atoms with Crippen molar-refractivity contribution >= 4 is 5.82 Å². The van der Waals surface area contributed by atoms with E-state index in [9.17, 15) is 9.59 Å². The van der Waals surface area contributed by atoms with Crippen molar-refractivity contribution in [1.29, 1.82) is 0 Å². The summed E-state index contributed by atoms with van der Waals surface area (Å²) in [4.78, 5) is 25.8. The minimum absolute atomic E-state index is 0.154. The van der Waals surface area contributed by atoms with Crippen molar-refractivity contribution in [3.8, 4) is 0 Å². The second-order valence-electron chi connectivity index (χ2n) is 5.62. The average Bonchev–Trinajstić information content (AvgIpc) is 2.73. The molecule has 2 bridgehead atoms. The van der Waals surface area contributed by atoms with Crippen molar-refractivity contribution < 1.29 is 0 Å². The molecule has 1 aromatic rings. The maximum absolute atomic E-state index is 11.9. The SMILES string of the molecule is Cn1c(N2CC3CC2(C)C3)cc(=O)n(C)c1=O. The van der Waals surface area contributed by atoms with Gasteiger partial charge in [-0.05, 0) is 25.7 Å². The van der Waals surface area contributed by atoms with E-state index >= 15 is 0 Å². The van der Waals surface area contributed by atoms with Gasteiger partial charge in [0.05, 0.1) is 0 Å². The highest BCUT2D eigenvalue weighted by atomic mass is 16.2. The lowest BCUT2D eigenvalue weighted by molar-refractivity contribution is 0.266. The molecule has 0 aromatic carbocycles. The zero-order valence-electron chi connectivity index (χ0n) is 10.4. The molecule has 0 amide bonds. The van der Waals surface area contributed by atoms with Crippen LogP contribution in [0.4, 0.5) is 5.82 Å². The molecule has 2 saturated heterocycles. The van der Waals surface area contributed by atoms with E-state index < -0.39 is 0 Å². The van der Waals surface area contributed by atoms with Gasteiger partial charge < -0.3 is 4.90 Å². The first kappa shape index (κ1) is 10.6. The molecule has 0 radical (unpaired) electrons. The van der Waals surface area contributed by atoms with Crippen LogP contribution in [0.1, 0.15) is 19.8 Å². The molecule has 5 heteroatoms. The monoisotopic (exact) mass is 235 g/mol. The Balaban J connectivity index is 2.17. The molecule has 0 unspecified atom stereocenters. The summed E-state index contributed by atoms with van der Waals surface area (Å²) < 4.78 is 2.72. The Bertz CT molecular complexity index is 593. The molecule has 2 aliphatic heterocycles. The van der Waals surface area contributed by atoms with Gasteiger partial charge in [-0.3, -0.25) is 13.9 Å². The molecule has 4 rings (SSSR count). The number of fused-ring (bicyclic) bond motifs is 1. The van der Waals surface area contributed by atoms with Gasteiger partial charge in [-0.1, -0.05) is 0 Å². The van der Waals surface area contributed by atoms with Crippen molar-refractivity contribution in [2.24, 2.45) is 20.0 Å². The van der Waals surface area contributed by atoms with Gasteiger partial charge in [-0.15, -0.1) is 0 Å². The maximum atomic E-state index is 11.9. The highest BCUT2D eigenvalue weighted by Crippen LogP contribution is 2.51. The van der Waals surface area contributed by atoms with Crippen LogP contribution >= 0.6 is 0 Å². The largest absolute Gasteiger partial charge is 0.352 e. The summed E-state index contributed by atoms with van der Waals surface area (Å²) in [6.45, 7) is 3.18. The van der Waals surface area contributed by atoms with Crippen molar-refractivity contribution in [3.05, 3.63) is 26.9 Å². The molecule has 3 heterocycles. The molecular weight excluding hydrogens is 218 g/mol. The Morgan fingerprint density at radius 1 is 1.24 bits per heavy atom. The molecule has 1 aromatic heterocycles. The summed E-state index contributed by atoms with van der Waals surface area (Å²) in [5.74, 6) is 1.50. The second kappa shape index (κ2) is 3.03. The van der Waals surface area contributed by atoms with E-state index in [-0.39, 0.29) is 16.8 Å². The lowest BCUT2D eigenvalue weighted by Gasteiger charge is -2.40. The summed E-state index contributed by atoms with van der Waals surface area (Å²) in [7, 11) is 3.25. The predicted octanol–water partition coefficient (Wildman–Crippen LogP) is 0.0727. The summed E-state index contributed by atoms with van der Waals surface area (Å²) in [5.41, 5.74) is -0.322. The molecular formula is C12H17N3O2. The number of aromatic nitrogens is 2. The minimum atomic E-state index is -0.250. The Kier molecular flexibility index (Phi) is 1.89. The Hall–Kier alpha value is -1.52. The molecule has 17 heavy (non-hydrogen) atoms. The van der Waals surface area contributed by atoms with Gasteiger partial charge in [0.2, 0.25) is 0 Å². The third kappa shape index (κ3) is 1.25. The van der Waals surface area contributed by atoms with Crippen LogP contribution in [0.25, 0.3) is 0 Å². The lowest BCUT2D eigenvalue weighted by Crippen LogP contribution is -2.47. The van der Waals surface area contributed by atoms with E-state index in [1.165, 1.54) is 19.9 Å². The van der Waals surface area contributed by atoms with Crippen LogP contribution in [-0.2, 0) is 14.1 Å². The van der Waals surface area contributed by atoms with Crippen LogP contribution in [0.2, 0.25) is 0 Å². The van der Waals surface area contributed by atoms with Crippen LogP contribution in [0, 0.1) is 5.92 Å². The Labute approximate surface area is 99.3 Å². The van der Waals surface area contributed by atoms with Crippen LogP contribution in [-0.4, -0.2) is 21.2 Å². The molecule has 5 nitrogen and oxygen atoms in total. The van der Waals surface area contributed by atoms with Gasteiger partial charge in [0.25, 0.3) is 5.56 Å². The number of anilines is 1. The molecule has 3 aliphatic rings. The first-order valence-electron chi connectivity index (χ1n) is 5.97. The van der Waals surface area contributed by atoms with Crippen LogP contribution < -0.4 is 16.1 Å². The van der Waals surface area contributed by atoms with Gasteiger partial charge >= 0.3 is 5.69 Å². The fourth-order valence-electron chi connectivity index (χ4n) is 3.36. The first-order valence-corrected chi connectivity index (χ1v) is 5.97. The number of rotatable bonds is 1. The van der Waals surface area contributed by atoms with Gasteiger partial charge in [0.15, 0.2) is 0 Å². The van der Waals surface area contributed by atoms with Gasteiger partial charge in [0.1, 0.15) is 5.82 Å². The third-order valence-electron chi connectivity index (χ3n) is 4.33. The number of nitrogens with zero attached hydrogens (tertiary/aromatic N) is 3. The van der Waals surface area contributed by atoms with E-state index in [0.717, 1.165) is 22.8 Å². The molecule has 0 atom stereocenters. The second-order valence-corrected chi connectivity index (χ2v) is 5.62. The van der Waals surface area contributed by atoms with Gasteiger partial charge in [0, 0.05) is 32.2 Å². The van der Waals surface area contributed by atoms with Crippen LogP contribution in [0.3, 0.4) is 0 Å². The van der Waals surface area contributed by atoms with E-state index in [4.69, 9.17) is 0 Å². The maximum Gasteiger partial charge on any atom is 0.332 e. The number of hydrogen-bond acceptors (Lipinski definition) is 3. The van der Waals surface area contributed by atoms with E-state index in [0.29, 0.717) is 0 Å². The van der Waals surface area contributed by atoms with Crippen molar-refractivity contribution in [2.45, 2.75) is 25.3 Å². The van der Waals surface area contributed by atoms with Crippen molar-refractivity contribution in [3.63, 3.8) is 0 Å². The molecule has 1 saturated carbocycles. The topological polar surface area (TPSA) is 47.2 Å². The summed E-state index contributed by atoms with van der Waals surface area (Å²) in [6, 6.07) is 1.58. The Morgan fingerprint density at radius 2 is 1.88 bits per heavy atom. The average molecular weight is 235 g/mol. The molecule has 0 spiro atoms.